The van der Waals surface area contributed by atoms with Crippen molar-refractivity contribution < 1.29 is 0 Å². The average molecular weight is 297 g/mol. The zero-order valence-electron chi connectivity index (χ0n) is 11.9. The van der Waals surface area contributed by atoms with Gasteiger partial charge in [0, 0.05) is 28.3 Å². The van der Waals surface area contributed by atoms with E-state index in [1.807, 2.05) is 25.1 Å². The van der Waals surface area contributed by atoms with Crippen molar-refractivity contribution in [1.82, 2.24) is 4.98 Å². The van der Waals surface area contributed by atoms with Crippen LogP contribution in [0.5, 0.6) is 0 Å². The van der Waals surface area contributed by atoms with E-state index in [1.54, 1.807) is 0 Å². The van der Waals surface area contributed by atoms with Crippen LogP contribution in [0, 0.1) is 6.92 Å². The molecule has 3 heteroatoms. The maximum Gasteiger partial charge on any atom is 0.0726 e. The molecule has 0 saturated heterocycles. The molecule has 0 fully saturated rings. The van der Waals surface area contributed by atoms with Crippen molar-refractivity contribution in [3.8, 4) is 0 Å². The van der Waals surface area contributed by atoms with Gasteiger partial charge in [-0.1, -0.05) is 30.3 Å². The van der Waals surface area contributed by atoms with Crippen LogP contribution in [-0.2, 0) is 6.42 Å². The van der Waals surface area contributed by atoms with Crippen molar-refractivity contribution in [3.05, 3.63) is 65.9 Å². The molecule has 3 rings (SSSR count). The Morgan fingerprint density at radius 2 is 1.81 bits per heavy atom. The van der Waals surface area contributed by atoms with E-state index in [9.17, 15) is 0 Å². The number of benzene rings is 2. The Hall–Kier alpha value is -2.06. The van der Waals surface area contributed by atoms with Crippen LogP contribution in [0.1, 0.15) is 11.3 Å². The Morgan fingerprint density at radius 3 is 2.57 bits per heavy atom. The third-order valence-corrected chi connectivity index (χ3v) is 3.65. The SMILES string of the molecule is Cc1cc(Nc2ccc(CCCl)cc2)c2ccccc2n1. The summed E-state index contributed by atoms with van der Waals surface area (Å²) in [7, 11) is 0. The second-order valence-corrected chi connectivity index (χ2v) is 5.47. The smallest absolute Gasteiger partial charge is 0.0726 e. The lowest BCUT2D eigenvalue weighted by atomic mass is 10.1. The number of aromatic nitrogens is 1. The number of hydrogen-bond acceptors (Lipinski definition) is 2. The van der Waals surface area contributed by atoms with Crippen molar-refractivity contribution in [1.29, 1.82) is 0 Å². The lowest BCUT2D eigenvalue weighted by Crippen LogP contribution is -1.95. The molecule has 2 nitrogen and oxygen atoms in total. The van der Waals surface area contributed by atoms with Crippen LogP contribution in [0.2, 0.25) is 0 Å². The predicted octanol–water partition coefficient (Wildman–Crippen LogP) is 5.07. The number of fused-ring (bicyclic) bond motifs is 1. The van der Waals surface area contributed by atoms with E-state index in [0.717, 1.165) is 34.4 Å². The van der Waals surface area contributed by atoms with E-state index in [2.05, 4.69) is 46.7 Å². The van der Waals surface area contributed by atoms with Crippen molar-refractivity contribution >= 4 is 33.9 Å². The molecule has 0 aliphatic heterocycles. The number of nitrogens with zero attached hydrogens (tertiary/aromatic N) is 1. The molecular formula is C18H17ClN2. The van der Waals surface area contributed by atoms with E-state index in [1.165, 1.54) is 5.56 Å². The van der Waals surface area contributed by atoms with E-state index in [-0.39, 0.29) is 0 Å². The normalized spacial score (nSPS) is 10.8. The first kappa shape index (κ1) is 13.9. The number of alkyl halides is 1. The first-order valence-corrected chi connectivity index (χ1v) is 7.58. The summed E-state index contributed by atoms with van der Waals surface area (Å²) in [5, 5.41) is 4.62. The lowest BCUT2D eigenvalue weighted by Gasteiger charge is -2.11. The standard InChI is InChI=1S/C18H17ClN2/c1-13-12-18(16-4-2-3-5-17(16)20-13)21-15-8-6-14(7-9-15)10-11-19/h2-9,12H,10-11H2,1H3,(H,20,21). The summed E-state index contributed by atoms with van der Waals surface area (Å²) in [5.74, 6) is 0.654. The molecule has 3 aromatic rings. The summed E-state index contributed by atoms with van der Waals surface area (Å²) < 4.78 is 0. The molecule has 0 aliphatic rings. The molecule has 0 aliphatic carbocycles. The summed E-state index contributed by atoms with van der Waals surface area (Å²) in [5.41, 5.74) is 5.44. The molecular weight excluding hydrogens is 280 g/mol. The van der Waals surface area contributed by atoms with Crippen LogP contribution in [0.15, 0.2) is 54.6 Å². The first-order valence-electron chi connectivity index (χ1n) is 7.04. The molecule has 1 aromatic heterocycles. The molecule has 0 unspecified atom stereocenters. The highest BCUT2D eigenvalue weighted by Crippen LogP contribution is 2.26. The number of halogens is 1. The van der Waals surface area contributed by atoms with Gasteiger partial charge in [-0.25, -0.2) is 0 Å². The van der Waals surface area contributed by atoms with Crippen LogP contribution < -0.4 is 5.32 Å². The molecule has 0 spiro atoms. The quantitative estimate of drug-likeness (QED) is 0.680. The summed E-state index contributed by atoms with van der Waals surface area (Å²) in [6.45, 7) is 2.02. The Balaban J connectivity index is 1.94. The number of nitrogens with one attached hydrogen (secondary N) is 1. The van der Waals surface area contributed by atoms with Gasteiger partial charge in [-0.3, -0.25) is 4.98 Å². The van der Waals surface area contributed by atoms with Crippen LogP contribution in [0.25, 0.3) is 10.9 Å². The molecule has 0 atom stereocenters. The predicted molar refractivity (Wildman–Crippen MR) is 90.6 cm³/mol. The number of aryl methyl sites for hydroxylation is 2. The van der Waals surface area contributed by atoms with Crippen molar-refractivity contribution in [2.24, 2.45) is 0 Å². The van der Waals surface area contributed by atoms with Gasteiger partial charge in [0.2, 0.25) is 0 Å². The van der Waals surface area contributed by atoms with Crippen molar-refractivity contribution in [2.45, 2.75) is 13.3 Å². The molecule has 0 radical (unpaired) electrons. The Morgan fingerprint density at radius 1 is 1.05 bits per heavy atom. The Bertz CT molecular complexity index is 751. The largest absolute Gasteiger partial charge is 0.355 e. The van der Waals surface area contributed by atoms with Gasteiger partial charge in [-0.05, 0) is 43.2 Å². The maximum absolute atomic E-state index is 5.77. The monoisotopic (exact) mass is 296 g/mol. The summed E-state index contributed by atoms with van der Waals surface area (Å²) in [6, 6.07) is 18.7. The van der Waals surface area contributed by atoms with Gasteiger partial charge >= 0.3 is 0 Å². The Kier molecular flexibility index (Phi) is 4.07. The van der Waals surface area contributed by atoms with E-state index in [4.69, 9.17) is 11.6 Å². The lowest BCUT2D eigenvalue weighted by molar-refractivity contribution is 1.15. The van der Waals surface area contributed by atoms with Gasteiger partial charge in [-0.15, -0.1) is 11.6 Å². The van der Waals surface area contributed by atoms with Crippen molar-refractivity contribution in [2.75, 3.05) is 11.2 Å². The molecule has 0 bridgehead atoms. The molecule has 1 heterocycles. The fourth-order valence-electron chi connectivity index (χ4n) is 2.43. The van der Waals surface area contributed by atoms with Gasteiger partial charge in [0.05, 0.1) is 5.52 Å². The minimum absolute atomic E-state index is 0.654. The number of rotatable bonds is 4. The minimum Gasteiger partial charge on any atom is -0.355 e. The van der Waals surface area contributed by atoms with Gasteiger partial charge in [-0.2, -0.15) is 0 Å². The molecule has 1 N–H and O–H groups in total. The maximum atomic E-state index is 5.77. The minimum atomic E-state index is 0.654. The summed E-state index contributed by atoms with van der Waals surface area (Å²) in [4.78, 5) is 4.56. The Labute approximate surface area is 129 Å². The third-order valence-electron chi connectivity index (χ3n) is 3.46. The summed E-state index contributed by atoms with van der Waals surface area (Å²) in [6.07, 6.45) is 0.902. The van der Waals surface area contributed by atoms with Crippen LogP contribution >= 0.6 is 11.6 Å². The number of hydrogen-bond donors (Lipinski definition) is 1. The first-order chi connectivity index (χ1) is 10.3. The zero-order valence-corrected chi connectivity index (χ0v) is 12.7. The van der Waals surface area contributed by atoms with E-state index < -0.39 is 0 Å². The highest BCUT2D eigenvalue weighted by Gasteiger charge is 2.04. The topological polar surface area (TPSA) is 24.9 Å². The number of para-hydroxylation sites is 1. The second kappa shape index (κ2) is 6.15. The zero-order chi connectivity index (χ0) is 14.7. The number of anilines is 2. The van der Waals surface area contributed by atoms with E-state index in [0.29, 0.717) is 5.88 Å². The molecule has 0 amide bonds. The van der Waals surface area contributed by atoms with Crippen LogP contribution in [-0.4, -0.2) is 10.9 Å². The fourth-order valence-corrected chi connectivity index (χ4v) is 2.65. The molecule has 2 aromatic carbocycles. The third kappa shape index (κ3) is 3.17. The van der Waals surface area contributed by atoms with Crippen molar-refractivity contribution in [3.63, 3.8) is 0 Å². The van der Waals surface area contributed by atoms with Gasteiger partial charge in [0.1, 0.15) is 0 Å². The second-order valence-electron chi connectivity index (χ2n) is 5.09. The van der Waals surface area contributed by atoms with Crippen LogP contribution in [0.4, 0.5) is 11.4 Å². The van der Waals surface area contributed by atoms with Gasteiger partial charge < -0.3 is 5.32 Å². The molecule has 21 heavy (non-hydrogen) atoms. The van der Waals surface area contributed by atoms with Gasteiger partial charge in [0.15, 0.2) is 0 Å². The van der Waals surface area contributed by atoms with Crippen LogP contribution in [0.3, 0.4) is 0 Å². The molecule has 106 valence electrons. The van der Waals surface area contributed by atoms with E-state index >= 15 is 0 Å². The highest BCUT2D eigenvalue weighted by molar-refractivity contribution is 6.18. The summed E-state index contributed by atoms with van der Waals surface area (Å²) >= 11 is 5.77. The fraction of sp³-hybridized carbons (Fsp3) is 0.167. The highest BCUT2D eigenvalue weighted by atomic mass is 35.5. The number of pyridine rings is 1. The van der Waals surface area contributed by atoms with Gasteiger partial charge in [0.25, 0.3) is 0 Å². The molecule has 0 saturated carbocycles. The average Bonchev–Trinajstić information content (AvgIpc) is 2.49.